The van der Waals surface area contributed by atoms with Gasteiger partial charge < -0.3 is 4.57 Å². The predicted molar refractivity (Wildman–Crippen MR) is 66.0 cm³/mol. The largest absolute Gasteiger partial charge is 0.329 e. The van der Waals surface area contributed by atoms with Gasteiger partial charge in [-0.3, -0.25) is 9.27 Å². The molecule has 1 unspecified atom stereocenters. The van der Waals surface area contributed by atoms with Crippen LogP contribution in [0, 0.1) is 0 Å². The Morgan fingerprint density at radius 1 is 1.47 bits per heavy atom. The molecule has 0 aromatic carbocycles. The summed E-state index contributed by atoms with van der Waals surface area (Å²) in [7, 11) is 1.90. The normalized spacial score (nSPS) is 12.4. The third-order valence-electron chi connectivity index (χ3n) is 1.91. The minimum atomic E-state index is -2.07. The lowest BCUT2D eigenvalue weighted by molar-refractivity contribution is 0.570. The molecular weight excluding hydrogens is 260 g/mol. The van der Waals surface area contributed by atoms with Crippen LogP contribution in [-0.2, 0) is 18.3 Å². The molecule has 2 rings (SSSR count). The van der Waals surface area contributed by atoms with Gasteiger partial charge in [0, 0.05) is 19.4 Å². The molecule has 17 heavy (non-hydrogen) atoms. The molecule has 8 heteroatoms. The summed E-state index contributed by atoms with van der Waals surface area (Å²) in [5.41, 5.74) is 0.495. The van der Waals surface area contributed by atoms with Gasteiger partial charge in [0.05, 0.1) is 11.9 Å². The van der Waals surface area contributed by atoms with Crippen LogP contribution in [-0.4, -0.2) is 23.3 Å². The van der Waals surface area contributed by atoms with Crippen LogP contribution in [0.25, 0.3) is 0 Å². The molecule has 6 nitrogen and oxygen atoms in total. The molecule has 0 fully saturated rings. The van der Waals surface area contributed by atoms with Gasteiger partial charge in [-0.25, -0.2) is 14.2 Å². The summed E-state index contributed by atoms with van der Waals surface area (Å²) in [4.78, 5) is 8.31. The van der Waals surface area contributed by atoms with Crippen molar-refractivity contribution in [2.45, 2.75) is 10.2 Å². The molecule has 0 saturated carbocycles. The fourth-order valence-corrected chi connectivity index (χ4v) is 2.22. The molecule has 0 bridgehead atoms. The van der Waals surface area contributed by atoms with Crippen molar-refractivity contribution in [1.82, 2.24) is 14.5 Å². The molecule has 2 aromatic rings. The van der Waals surface area contributed by atoms with E-state index in [1.165, 1.54) is 18.0 Å². The first-order valence-electron chi connectivity index (χ1n) is 4.64. The van der Waals surface area contributed by atoms with E-state index in [2.05, 4.69) is 14.7 Å². The van der Waals surface area contributed by atoms with Crippen molar-refractivity contribution in [2.75, 3.05) is 4.72 Å². The van der Waals surface area contributed by atoms with Crippen molar-refractivity contribution < 1.29 is 8.76 Å². The van der Waals surface area contributed by atoms with Crippen molar-refractivity contribution in [3.63, 3.8) is 0 Å². The predicted octanol–water partition coefficient (Wildman–Crippen LogP) is 1.51. The van der Waals surface area contributed by atoms with Crippen molar-refractivity contribution in [2.24, 2.45) is 7.05 Å². The highest BCUT2D eigenvalue weighted by Crippen LogP contribution is 2.24. The number of aryl methyl sites for hydroxylation is 1. The number of nitrogens with one attached hydrogen (secondary N) is 1. The Bertz CT molecular complexity index is 526. The van der Waals surface area contributed by atoms with Crippen LogP contribution in [0.5, 0.6) is 0 Å². The van der Waals surface area contributed by atoms with Gasteiger partial charge >= 0.3 is 0 Å². The SMILES string of the molecule is Cn1ccnc1Sc1ccc(NS(=O)O)cn1. The van der Waals surface area contributed by atoms with Crippen molar-refractivity contribution in [3.8, 4) is 0 Å². The number of anilines is 1. The van der Waals surface area contributed by atoms with E-state index in [9.17, 15) is 4.21 Å². The number of hydrogen-bond donors (Lipinski definition) is 2. The molecule has 2 N–H and O–H groups in total. The van der Waals surface area contributed by atoms with Crippen LogP contribution in [0.4, 0.5) is 5.69 Å². The monoisotopic (exact) mass is 270 g/mol. The minimum absolute atomic E-state index is 0.495. The van der Waals surface area contributed by atoms with Gasteiger partial charge in [-0.2, -0.15) is 0 Å². The van der Waals surface area contributed by atoms with Gasteiger partial charge in [-0.05, 0) is 23.9 Å². The molecule has 90 valence electrons. The zero-order valence-electron chi connectivity index (χ0n) is 8.90. The fourth-order valence-electron chi connectivity index (χ4n) is 1.15. The summed E-state index contributed by atoms with van der Waals surface area (Å²) in [5, 5.41) is 1.61. The molecule has 2 aromatic heterocycles. The maximum absolute atomic E-state index is 10.5. The third kappa shape index (κ3) is 3.29. The van der Waals surface area contributed by atoms with Gasteiger partial charge in [0.15, 0.2) is 5.16 Å². The second kappa shape index (κ2) is 5.30. The summed E-state index contributed by atoms with van der Waals surface area (Å²) >= 11 is -0.649. The molecule has 0 amide bonds. The van der Waals surface area contributed by atoms with E-state index in [-0.39, 0.29) is 0 Å². The third-order valence-corrected chi connectivity index (χ3v) is 3.35. The van der Waals surface area contributed by atoms with Crippen molar-refractivity contribution in [1.29, 1.82) is 0 Å². The highest BCUT2D eigenvalue weighted by atomic mass is 32.2. The van der Waals surface area contributed by atoms with Gasteiger partial charge in [0.25, 0.3) is 11.3 Å². The van der Waals surface area contributed by atoms with E-state index >= 15 is 0 Å². The summed E-state index contributed by atoms with van der Waals surface area (Å²) in [6, 6.07) is 3.45. The Hall–Kier alpha value is -1.38. The summed E-state index contributed by atoms with van der Waals surface area (Å²) in [6.45, 7) is 0. The summed E-state index contributed by atoms with van der Waals surface area (Å²) < 4.78 is 23.4. The van der Waals surface area contributed by atoms with Crippen LogP contribution >= 0.6 is 11.8 Å². The van der Waals surface area contributed by atoms with Crippen LogP contribution in [0.15, 0.2) is 40.9 Å². The Morgan fingerprint density at radius 3 is 2.82 bits per heavy atom. The Kier molecular flexibility index (Phi) is 3.77. The standard InChI is InChI=1S/C9H10N4O2S2/c1-13-5-4-10-9(13)16-8-3-2-7(6-11-8)12-17(14)15/h2-6,12H,1H3,(H,14,15). The molecule has 0 aliphatic heterocycles. The number of pyridine rings is 1. The van der Waals surface area contributed by atoms with E-state index in [0.29, 0.717) is 5.69 Å². The van der Waals surface area contributed by atoms with E-state index in [0.717, 1.165) is 10.2 Å². The maximum atomic E-state index is 10.5. The minimum Gasteiger partial charge on any atom is -0.329 e. The number of aromatic nitrogens is 3. The zero-order valence-corrected chi connectivity index (χ0v) is 10.5. The van der Waals surface area contributed by atoms with Crippen LogP contribution in [0.1, 0.15) is 0 Å². The van der Waals surface area contributed by atoms with Crippen LogP contribution in [0.3, 0.4) is 0 Å². The highest BCUT2D eigenvalue weighted by Gasteiger charge is 2.04. The second-order valence-electron chi connectivity index (χ2n) is 3.16. The molecule has 0 spiro atoms. The maximum Gasteiger partial charge on any atom is 0.259 e. The molecule has 2 heterocycles. The van der Waals surface area contributed by atoms with Gasteiger partial charge in [-0.15, -0.1) is 0 Å². The van der Waals surface area contributed by atoms with Gasteiger partial charge in [-0.1, -0.05) is 0 Å². The molecule has 0 saturated heterocycles. The van der Waals surface area contributed by atoms with Crippen LogP contribution < -0.4 is 4.72 Å². The quantitative estimate of drug-likeness (QED) is 0.823. The lowest BCUT2D eigenvalue weighted by Gasteiger charge is -2.03. The number of imidazole rings is 1. The fraction of sp³-hybridized carbons (Fsp3) is 0.111. The van der Waals surface area contributed by atoms with E-state index < -0.39 is 11.3 Å². The molecule has 0 aliphatic carbocycles. The lowest BCUT2D eigenvalue weighted by atomic mass is 10.4. The van der Waals surface area contributed by atoms with E-state index in [1.807, 2.05) is 17.8 Å². The first-order chi connectivity index (χ1) is 8.15. The summed E-state index contributed by atoms with van der Waals surface area (Å²) in [5.74, 6) is 0. The lowest BCUT2D eigenvalue weighted by Crippen LogP contribution is -2.01. The molecular formula is C9H10N4O2S2. The van der Waals surface area contributed by atoms with E-state index in [1.54, 1.807) is 18.3 Å². The second-order valence-corrected chi connectivity index (χ2v) is 4.85. The van der Waals surface area contributed by atoms with Crippen LogP contribution in [0.2, 0.25) is 0 Å². The molecule has 1 atom stereocenters. The number of nitrogens with zero attached hydrogens (tertiary/aromatic N) is 3. The Morgan fingerprint density at radius 2 is 2.29 bits per heavy atom. The Labute approximate surface area is 105 Å². The van der Waals surface area contributed by atoms with Crippen molar-refractivity contribution in [3.05, 3.63) is 30.7 Å². The average molecular weight is 270 g/mol. The smallest absolute Gasteiger partial charge is 0.259 e. The first-order valence-corrected chi connectivity index (χ1v) is 6.56. The van der Waals surface area contributed by atoms with Gasteiger partial charge in [0.1, 0.15) is 5.03 Å². The zero-order chi connectivity index (χ0) is 12.3. The molecule has 0 radical (unpaired) electrons. The Balaban J connectivity index is 2.08. The van der Waals surface area contributed by atoms with Gasteiger partial charge in [0.2, 0.25) is 0 Å². The highest BCUT2D eigenvalue weighted by molar-refractivity contribution is 7.99. The molecule has 0 aliphatic rings. The first kappa shape index (κ1) is 12.1. The number of hydrogen-bond acceptors (Lipinski definition) is 4. The summed E-state index contributed by atoms with van der Waals surface area (Å²) in [6.07, 6.45) is 5.07. The van der Waals surface area contributed by atoms with E-state index in [4.69, 9.17) is 4.55 Å². The van der Waals surface area contributed by atoms with Crippen molar-refractivity contribution >= 4 is 28.7 Å². The average Bonchev–Trinajstić information content (AvgIpc) is 2.67. The number of rotatable bonds is 4. The topological polar surface area (TPSA) is 80.0 Å².